The second-order valence-electron chi connectivity index (χ2n) is 8.98. The molecule has 6 rings (SSSR count). The molecule has 8 heteroatoms. The van der Waals surface area contributed by atoms with Crippen LogP contribution < -0.4 is 15.0 Å². The van der Waals surface area contributed by atoms with Crippen LogP contribution in [0.5, 0.6) is 5.75 Å². The highest BCUT2D eigenvalue weighted by molar-refractivity contribution is 6.21. The first kappa shape index (κ1) is 20.7. The monoisotopic (exact) mass is 455 g/mol. The van der Waals surface area contributed by atoms with Crippen LogP contribution in [0.2, 0.25) is 0 Å². The highest BCUT2D eigenvalue weighted by Gasteiger charge is 2.49. The van der Waals surface area contributed by atoms with Gasteiger partial charge in [0.05, 0.1) is 31.0 Å². The van der Waals surface area contributed by atoms with Crippen molar-refractivity contribution in [3.05, 3.63) is 77.9 Å². The summed E-state index contributed by atoms with van der Waals surface area (Å²) < 4.78 is 7.13. The van der Waals surface area contributed by atoms with Crippen molar-refractivity contribution in [1.29, 1.82) is 0 Å². The minimum atomic E-state index is -0.319. The maximum atomic E-state index is 13.1. The molecular formula is C26H25N5O3. The molecule has 172 valence electrons. The fourth-order valence-corrected chi connectivity index (χ4v) is 5.27. The Morgan fingerprint density at radius 2 is 1.59 bits per heavy atom. The van der Waals surface area contributed by atoms with E-state index in [9.17, 15) is 9.59 Å². The molecule has 2 amide bonds. The molecular weight excluding hydrogens is 430 g/mol. The van der Waals surface area contributed by atoms with Crippen LogP contribution in [-0.4, -0.2) is 33.7 Å². The molecule has 0 saturated carbocycles. The maximum Gasteiger partial charge on any atom is 0.260 e. The summed E-state index contributed by atoms with van der Waals surface area (Å²) in [6.07, 6.45) is 5.87. The van der Waals surface area contributed by atoms with Gasteiger partial charge in [0.25, 0.3) is 5.95 Å². The third kappa shape index (κ3) is 3.29. The number of nitrogens with one attached hydrogen (secondary N) is 1. The van der Waals surface area contributed by atoms with Crippen LogP contribution in [0.15, 0.2) is 66.7 Å². The van der Waals surface area contributed by atoms with Crippen molar-refractivity contribution < 1.29 is 14.3 Å². The van der Waals surface area contributed by atoms with Crippen molar-refractivity contribution in [1.82, 2.24) is 14.8 Å². The second-order valence-corrected chi connectivity index (χ2v) is 8.98. The lowest BCUT2D eigenvalue weighted by Crippen LogP contribution is -2.32. The Hall–Kier alpha value is -3.94. The summed E-state index contributed by atoms with van der Waals surface area (Å²) in [7, 11) is 1.64. The molecule has 8 nitrogen and oxygen atoms in total. The third-order valence-corrected chi connectivity index (χ3v) is 7.09. The Kier molecular flexibility index (Phi) is 4.94. The van der Waals surface area contributed by atoms with Gasteiger partial charge in [-0.25, -0.2) is 9.58 Å². The van der Waals surface area contributed by atoms with Crippen molar-refractivity contribution in [2.24, 2.45) is 11.8 Å². The standard InChI is InChI=1S/C26H25N5O3/c1-34-18-13-11-17(12-14-18)22-15-21(16-7-3-2-4-8-16)27-25-28-26(29-31(22)25)30-23(32)19-9-5-6-10-20(19)24(30)33/h2-8,11-14,19-22H,9-10,15H2,1H3,(H,27,28,29)/t19-,20+,21-,22-/m1/s1. The van der Waals surface area contributed by atoms with Crippen LogP contribution in [-0.2, 0) is 9.59 Å². The van der Waals surface area contributed by atoms with Crippen LogP contribution in [0.3, 0.4) is 0 Å². The van der Waals surface area contributed by atoms with E-state index in [0.717, 1.165) is 23.3 Å². The van der Waals surface area contributed by atoms with Crippen molar-refractivity contribution in [3.63, 3.8) is 0 Å². The minimum absolute atomic E-state index is 0.00890. The highest BCUT2D eigenvalue weighted by Crippen LogP contribution is 2.41. The van der Waals surface area contributed by atoms with Gasteiger partial charge in [0, 0.05) is 0 Å². The molecule has 1 aromatic heterocycles. The van der Waals surface area contributed by atoms with Gasteiger partial charge in [-0.1, -0.05) is 54.6 Å². The van der Waals surface area contributed by atoms with Gasteiger partial charge in [-0.2, -0.15) is 4.98 Å². The molecule has 0 bridgehead atoms. The molecule has 0 unspecified atom stereocenters. The molecule has 3 heterocycles. The van der Waals surface area contributed by atoms with Crippen LogP contribution in [0.4, 0.5) is 11.9 Å². The predicted molar refractivity (Wildman–Crippen MR) is 126 cm³/mol. The first-order valence-electron chi connectivity index (χ1n) is 11.6. The number of carbonyl (C=O) groups is 2. The molecule has 2 aromatic carbocycles. The van der Waals surface area contributed by atoms with E-state index < -0.39 is 0 Å². The number of imide groups is 1. The zero-order chi connectivity index (χ0) is 23.2. The number of methoxy groups -OCH3 is 1. The van der Waals surface area contributed by atoms with E-state index in [1.54, 1.807) is 11.8 Å². The number of rotatable bonds is 4. The number of allylic oxidation sites excluding steroid dienone is 2. The van der Waals surface area contributed by atoms with Crippen molar-refractivity contribution in [2.75, 3.05) is 17.3 Å². The number of benzene rings is 2. The number of hydrogen-bond donors (Lipinski definition) is 1. The second kappa shape index (κ2) is 8.13. The summed E-state index contributed by atoms with van der Waals surface area (Å²) in [4.78, 5) is 32.1. The zero-order valence-electron chi connectivity index (χ0n) is 18.8. The van der Waals surface area contributed by atoms with E-state index in [-0.39, 0.29) is 41.7 Å². The van der Waals surface area contributed by atoms with E-state index in [4.69, 9.17) is 9.84 Å². The average Bonchev–Trinajstić information content (AvgIpc) is 3.42. The van der Waals surface area contributed by atoms with Gasteiger partial charge in [0.2, 0.25) is 17.8 Å². The van der Waals surface area contributed by atoms with Crippen LogP contribution in [0, 0.1) is 11.8 Å². The molecule has 3 aromatic rings. The molecule has 1 saturated heterocycles. The molecule has 0 spiro atoms. The Morgan fingerprint density at radius 3 is 2.24 bits per heavy atom. The predicted octanol–water partition coefficient (Wildman–Crippen LogP) is 3.89. The number of hydrogen-bond acceptors (Lipinski definition) is 6. The first-order valence-corrected chi connectivity index (χ1v) is 11.6. The largest absolute Gasteiger partial charge is 0.497 e. The van der Waals surface area contributed by atoms with Gasteiger partial charge in [-0.15, -0.1) is 5.10 Å². The summed E-state index contributed by atoms with van der Waals surface area (Å²) in [5, 5.41) is 8.17. The van der Waals surface area contributed by atoms with Gasteiger partial charge in [0.15, 0.2) is 0 Å². The lowest BCUT2D eigenvalue weighted by atomic mass is 9.85. The summed E-state index contributed by atoms with van der Waals surface area (Å²) in [5.74, 6) is 0.427. The van der Waals surface area contributed by atoms with E-state index >= 15 is 0 Å². The number of carbonyl (C=O) groups excluding carboxylic acids is 2. The smallest absolute Gasteiger partial charge is 0.260 e. The minimum Gasteiger partial charge on any atom is -0.497 e. The molecule has 1 N–H and O–H groups in total. The molecule has 34 heavy (non-hydrogen) atoms. The van der Waals surface area contributed by atoms with Gasteiger partial charge >= 0.3 is 0 Å². The van der Waals surface area contributed by atoms with Gasteiger partial charge in [-0.05, 0) is 42.5 Å². The van der Waals surface area contributed by atoms with Gasteiger partial charge in [-0.3, -0.25) is 9.59 Å². The van der Waals surface area contributed by atoms with E-state index in [1.807, 2.05) is 54.6 Å². The Bertz CT molecular complexity index is 1240. The number of amides is 2. The number of nitrogens with zero attached hydrogens (tertiary/aromatic N) is 4. The molecule has 3 aliphatic rings. The third-order valence-electron chi connectivity index (χ3n) is 7.09. The zero-order valence-corrected chi connectivity index (χ0v) is 18.8. The maximum absolute atomic E-state index is 13.1. The van der Waals surface area contributed by atoms with Gasteiger partial charge in [0.1, 0.15) is 5.75 Å². The Labute approximate surface area is 197 Å². The average molecular weight is 456 g/mol. The topological polar surface area (TPSA) is 89.3 Å². The lowest BCUT2D eigenvalue weighted by Gasteiger charge is -2.31. The Balaban J connectivity index is 1.40. The molecule has 2 aliphatic heterocycles. The normalized spacial score (nSPS) is 25.6. The highest BCUT2D eigenvalue weighted by atomic mass is 16.5. The first-order chi connectivity index (χ1) is 16.6. The SMILES string of the molecule is COc1ccc([C@H]2C[C@H](c3ccccc3)Nc3nc(N4C(=O)[C@H]5CC=CC[C@H]5C4=O)nn32)cc1. The van der Waals surface area contributed by atoms with Gasteiger partial charge < -0.3 is 10.1 Å². The fourth-order valence-electron chi connectivity index (χ4n) is 5.27. The summed E-state index contributed by atoms with van der Waals surface area (Å²) in [6, 6.07) is 18.0. The molecule has 1 fully saturated rings. The molecule has 0 radical (unpaired) electrons. The number of aromatic nitrogens is 3. The number of anilines is 2. The van der Waals surface area contributed by atoms with Crippen LogP contribution >= 0.6 is 0 Å². The van der Waals surface area contributed by atoms with Crippen LogP contribution in [0.25, 0.3) is 0 Å². The fraction of sp³-hybridized carbons (Fsp3) is 0.308. The van der Waals surface area contributed by atoms with E-state index in [2.05, 4.69) is 22.4 Å². The molecule has 1 aliphatic carbocycles. The lowest BCUT2D eigenvalue weighted by molar-refractivity contribution is -0.122. The van der Waals surface area contributed by atoms with Crippen molar-refractivity contribution >= 4 is 23.7 Å². The molecule has 4 atom stereocenters. The van der Waals surface area contributed by atoms with E-state index in [1.165, 1.54) is 4.90 Å². The Morgan fingerprint density at radius 1 is 0.912 bits per heavy atom. The summed E-state index contributed by atoms with van der Waals surface area (Å²) >= 11 is 0. The quantitative estimate of drug-likeness (QED) is 0.474. The number of ether oxygens (including phenoxy) is 1. The summed E-state index contributed by atoms with van der Waals surface area (Å²) in [6.45, 7) is 0. The van der Waals surface area contributed by atoms with Crippen molar-refractivity contribution in [3.8, 4) is 5.75 Å². The van der Waals surface area contributed by atoms with E-state index in [0.29, 0.717) is 18.8 Å². The van der Waals surface area contributed by atoms with Crippen LogP contribution in [0.1, 0.15) is 42.5 Å². The number of fused-ring (bicyclic) bond motifs is 2. The summed E-state index contributed by atoms with van der Waals surface area (Å²) in [5.41, 5.74) is 2.19. The van der Waals surface area contributed by atoms with Crippen molar-refractivity contribution in [2.45, 2.75) is 31.3 Å².